The number of hydrogen-bond donors (Lipinski definition) is 1. The van der Waals surface area contributed by atoms with E-state index in [9.17, 15) is 4.79 Å². The number of carbonyl (C=O) groups is 1. The first-order chi connectivity index (χ1) is 14.7. The normalized spacial score (nSPS) is 12.6. The van der Waals surface area contributed by atoms with Gasteiger partial charge in [-0.2, -0.15) is 0 Å². The molecule has 0 bridgehead atoms. The second-order valence-electron chi connectivity index (χ2n) is 6.74. The number of nitrogens with one attached hydrogen (secondary N) is 1. The van der Waals surface area contributed by atoms with Gasteiger partial charge in [0.05, 0.1) is 5.92 Å². The topological polar surface area (TPSA) is 77.2 Å². The van der Waals surface area contributed by atoms with Gasteiger partial charge in [-0.25, -0.2) is 0 Å². The molecule has 0 spiro atoms. The molecule has 1 N–H and O–H groups in total. The molecule has 4 aromatic rings. The molecule has 5 rings (SSSR count). The third-order valence-electron chi connectivity index (χ3n) is 4.93. The van der Waals surface area contributed by atoms with Crippen LogP contribution in [0.1, 0.15) is 17.0 Å². The van der Waals surface area contributed by atoms with Gasteiger partial charge in [-0.1, -0.05) is 41.5 Å². The van der Waals surface area contributed by atoms with Gasteiger partial charge in [0.2, 0.25) is 11.8 Å². The molecule has 0 saturated carbocycles. The lowest BCUT2D eigenvalue weighted by atomic mass is 9.87. The van der Waals surface area contributed by atoms with Crippen molar-refractivity contribution < 1.29 is 13.9 Å². The molecule has 1 aliphatic rings. The molecule has 1 amide bonds. The third kappa shape index (κ3) is 3.33. The molecule has 2 heterocycles. The minimum atomic E-state index is -0.539. The fraction of sp³-hybridized carbons (Fsp3) is 0.0870. The van der Waals surface area contributed by atoms with Gasteiger partial charge in [0, 0.05) is 21.6 Å². The second-order valence-corrected chi connectivity index (χ2v) is 7.62. The average molecular weight is 415 g/mol. The second kappa shape index (κ2) is 7.68. The summed E-state index contributed by atoms with van der Waals surface area (Å²) in [5.41, 5.74) is 2.38. The standard InChI is InChI=1S/C23H17N3O3S/c1-30-15-12-10-14(11-13-15)22-25-26-23(29-22)24-21(27)20-16-6-2-4-8-18(16)28-19-9-5-3-7-17(19)20/h2-13,20H,1H3,(H,24,26,27). The molecule has 0 radical (unpaired) electrons. The Morgan fingerprint density at radius 1 is 0.900 bits per heavy atom. The number of benzene rings is 3. The van der Waals surface area contributed by atoms with E-state index in [1.165, 1.54) is 0 Å². The Hall–Kier alpha value is -3.58. The Bertz CT molecular complexity index is 1170. The number of rotatable bonds is 4. The summed E-state index contributed by atoms with van der Waals surface area (Å²) < 4.78 is 11.6. The summed E-state index contributed by atoms with van der Waals surface area (Å²) >= 11 is 1.66. The molecule has 3 aromatic carbocycles. The Morgan fingerprint density at radius 2 is 1.53 bits per heavy atom. The minimum absolute atomic E-state index is 0.0606. The van der Waals surface area contributed by atoms with Gasteiger partial charge in [0.15, 0.2) is 0 Å². The Balaban J connectivity index is 1.43. The summed E-state index contributed by atoms with van der Waals surface area (Å²) in [7, 11) is 0. The maximum atomic E-state index is 13.2. The highest BCUT2D eigenvalue weighted by molar-refractivity contribution is 7.98. The van der Waals surface area contributed by atoms with Crippen LogP contribution in [0.3, 0.4) is 0 Å². The molecule has 6 nitrogen and oxygen atoms in total. The zero-order chi connectivity index (χ0) is 20.5. The van der Waals surface area contributed by atoms with Crippen LogP contribution < -0.4 is 10.1 Å². The SMILES string of the molecule is CSc1ccc(-c2nnc(NC(=O)C3c4ccccc4Oc4ccccc43)o2)cc1. The van der Waals surface area contributed by atoms with Crippen molar-refractivity contribution in [2.75, 3.05) is 11.6 Å². The van der Waals surface area contributed by atoms with Gasteiger partial charge in [-0.05, 0) is 42.7 Å². The average Bonchev–Trinajstić information content (AvgIpc) is 3.25. The van der Waals surface area contributed by atoms with Gasteiger partial charge in [0.1, 0.15) is 11.5 Å². The van der Waals surface area contributed by atoms with Crippen LogP contribution in [0.4, 0.5) is 6.01 Å². The molecule has 0 saturated heterocycles. The number of thioether (sulfide) groups is 1. The number of para-hydroxylation sites is 2. The van der Waals surface area contributed by atoms with E-state index >= 15 is 0 Å². The quantitative estimate of drug-likeness (QED) is 0.454. The summed E-state index contributed by atoms with van der Waals surface area (Å²) in [4.78, 5) is 14.4. The number of aromatic nitrogens is 2. The molecule has 7 heteroatoms. The lowest BCUT2D eigenvalue weighted by molar-refractivity contribution is -0.117. The number of ether oxygens (including phenoxy) is 1. The molecule has 0 aliphatic carbocycles. The van der Waals surface area contributed by atoms with Crippen LogP contribution in [0.5, 0.6) is 11.5 Å². The Labute approximate surface area is 177 Å². The smallest absolute Gasteiger partial charge is 0.322 e. The molecule has 30 heavy (non-hydrogen) atoms. The monoisotopic (exact) mass is 415 g/mol. The van der Waals surface area contributed by atoms with Crippen LogP contribution in [-0.2, 0) is 4.79 Å². The molecule has 1 aliphatic heterocycles. The van der Waals surface area contributed by atoms with Crippen LogP contribution >= 0.6 is 11.8 Å². The molecular weight excluding hydrogens is 398 g/mol. The number of hydrogen-bond acceptors (Lipinski definition) is 6. The van der Waals surface area contributed by atoms with Crippen LogP contribution in [0.15, 0.2) is 82.1 Å². The number of anilines is 1. The predicted octanol–water partition coefficient (Wildman–Crippen LogP) is 5.33. The minimum Gasteiger partial charge on any atom is -0.457 e. The maximum Gasteiger partial charge on any atom is 0.322 e. The van der Waals surface area contributed by atoms with Crippen molar-refractivity contribution in [2.45, 2.75) is 10.8 Å². The highest BCUT2D eigenvalue weighted by Gasteiger charge is 2.33. The summed E-state index contributed by atoms with van der Waals surface area (Å²) in [5.74, 6) is 0.882. The van der Waals surface area contributed by atoms with Crippen LogP contribution in [0.25, 0.3) is 11.5 Å². The molecule has 148 valence electrons. The van der Waals surface area contributed by atoms with Crippen molar-refractivity contribution in [3.8, 4) is 23.0 Å². The maximum absolute atomic E-state index is 13.2. The fourth-order valence-electron chi connectivity index (χ4n) is 3.49. The van der Waals surface area contributed by atoms with E-state index in [1.54, 1.807) is 11.8 Å². The van der Waals surface area contributed by atoms with Crippen molar-refractivity contribution in [3.63, 3.8) is 0 Å². The van der Waals surface area contributed by atoms with Crippen LogP contribution in [0.2, 0.25) is 0 Å². The first-order valence-corrected chi connectivity index (χ1v) is 10.6. The van der Waals surface area contributed by atoms with E-state index < -0.39 is 5.92 Å². The van der Waals surface area contributed by atoms with E-state index in [0.717, 1.165) is 21.6 Å². The fourth-order valence-corrected chi connectivity index (χ4v) is 3.90. The Kier molecular flexibility index (Phi) is 4.72. The number of amides is 1. The zero-order valence-electron chi connectivity index (χ0n) is 16.0. The van der Waals surface area contributed by atoms with Crippen LogP contribution in [-0.4, -0.2) is 22.4 Å². The highest BCUT2D eigenvalue weighted by Crippen LogP contribution is 2.44. The summed E-state index contributed by atoms with van der Waals surface area (Å²) in [5, 5.41) is 10.8. The molecule has 1 aromatic heterocycles. The summed E-state index contributed by atoms with van der Waals surface area (Å²) in [6.45, 7) is 0. The van der Waals surface area contributed by atoms with E-state index in [4.69, 9.17) is 9.15 Å². The lowest BCUT2D eigenvalue weighted by Crippen LogP contribution is -2.25. The van der Waals surface area contributed by atoms with E-state index in [0.29, 0.717) is 17.4 Å². The molecular formula is C23H17N3O3S. The van der Waals surface area contributed by atoms with Gasteiger partial charge in [-0.3, -0.25) is 10.1 Å². The highest BCUT2D eigenvalue weighted by atomic mass is 32.2. The first-order valence-electron chi connectivity index (χ1n) is 9.37. The predicted molar refractivity (Wildman–Crippen MR) is 115 cm³/mol. The van der Waals surface area contributed by atoms with E-state index in [-0.39, 0.29) is 11.9 Å². The number of carbonyl (C=O) groups excluding carboxylic acids is 1. The van der Waals surface area contributed by atoms with Crippen molar-refractivity contribution in [3.05, 3.63) is 83.9 Å². The van der Waals surface area contributed by atoms with Crippen LogP contribution in [0, 0.1) is 0 Å². The number of fused-ring (bicyclic) bond motifs is 2. The van der Waals surface area contributed by atoms with E-state index in [2.05, 4.69) is 15.5 Å². The third-order valence-corrected chi connectivity index (χ3v) is 5.68. The van der Waals surface area contributed by atoms with E-state index in [1.807, 2.05) is 79.1 Å². The van der Waals surface area contributed by atoms with Gasteiger partial charge in [0.25, 0.3) is 0 Å². The van der Waals surface area contributed by atoms with Gasteiger partial charge in [-0.15, -0.1) is 16.9 Å². The molecule has 0 atom stereocenters. The van der Waals surface area contributed by atoms with Gasteiger partial charge >= 0.3 is 6.01 Å². The first kappa shape index (κ1) is 18.4. The van der Waals surface area contributed by atoms with Crippen molar-refractivity contribution in [2.24, 2.45) is 0 Å². The Morgan fingerprint density at radius 3 is 2.17 bits per heavy atom. The lowest BCUT2D eigenvalue weighted by Gasteiger charge is -2.26. The molecule has 0 unspecified atom stereocenters. The molecule has 0 fully saturated rings. The summed E-state index contributed by atoms with van der Waals surface area (Å²) in [6.07, 6.45) is 2.02. The summed E-state index contributed by atoms with van der Waals surface area (Å²) in [6, 6.07) is 22.9. The van der Waals surface area contributed by atoms with Crippen molar-refractivity contribution in [1.29, 1.82) is 0 Å². The number of nitrogens with zero attached hydrogens (tertiary/aromatic N) is 2. The van der Waals surface area contributed by atoms with Gasteiger partial charge < -0.3 is 9.15 Å². The van der Waals surface area contributed by atoms with Crippen molar-refractivity contribution in [1.82, 2.24) is 10.2 Å². The van der Waals surface area contributed by atoms with Crippen molar-refractivity contribution >= 4 is 23.7 Å². The largest absolute Gasteiger partial charge is 0.457 e. The zero-order valence-corrected chi connectivity index (χ0v) is 16.8.